The van der Waals surface area contributed by atoms with Crippen LogP contribution in [0.1, 0.15) is 41.6 Å². The monoisotopic (exact) mass is 404 g/mol. The fraction of sp³-hybridized carbons (Fsp3) is 0.261. The first-order valence-corrected chi connectivity index (χ1v) is 9.91. The van der Waals surface area contributed by atoms with Gasteiger partial charge in [0, 0.05) is 17.0 Å². The Balaban J connectivity index is 1.60. The molecule has 0 unspecified atom stereocenters. The number of imide groups is 1. The molecule has 1 N–H and O–H groups in total. The van der Waals surface area contributed by atoms with Crippen LogP contribution in [0.4, 0.5) is 4.79 Å². The van der Waals surface area contributed by atoms with Crippen molar-refractivity contribution in [1.29, 1.82) is 0 Å². The molecule has 3 amide bonds. The van der Waals surface area contributed by atoms with Gasteiger partial charge in [0.2, 0.25) is 0 Å². The maximum atomic E-state index is 13.2. The molecule has 1 aromatic carbocycles. The molecule has 7 nitrogen and oxygen atoms in total. The zero-order chi connectivity index (χ0) is 21.3. The lowest BCUT2D eigenvalue weighted by Gasteiger charge is -2.24. The van der Waals surface area contributed by atoms with E-state index < -0.39 is 11.6 Å². The van der Waals surface area contributed by atoms with Crippen molar-refractivity contribution in [3.63, 3.8) is 0 Å². The second kappa shape index (κ2) is 7.67. The Bertz CT molecular complexity index is 1100. The molecular formula is C23H24N4O3. The molecule has 2 aromatic heterocycles. The summed E-state index contributed by atoms with van der Waals surface area (Å²) in [6.07, 6.45) is 3.65. The summed E-state index contributed by atoms with van der Waals surface area (Å²) in [6, 6.07) is 14.5. The van der Waals surface area contributed by atoms with Crippen molar-refractivity contribution in [1.82, 2.24) is 14.9 Å². The molecule has 3 aromatic rings. The Morgan fingerprint density at radius 2 is 1.90 bits per heavy atom. The predicted octanol–water partition coefficient (Wildman–Crippen LogP) is 3.94. The third-order valence-electron chi connectivity index (χ3n) is 5.69. The number of aryl methyl sites for hydroxylation is 1. The number of nitrogens with one attached hydrogen (secondary N) is 1. The zero-order valence-electron chi connectivity index (χ0n) is 17.3. The van der Waals surface area contributed by atoms with E-state index in [1.54, 1.807) is 12.5 Å². The minimum absolute atomic E-state index is 0.373. The number of furan rings is 1. The van der Waals surface area contributed by atoms with Crippen LogP contribution in [0.2, 0.25) is 0 Å². The van der Waals surface area contributed by atoms with Crippen LogP contribution in [-0.2, 0) is 16.9 Å². The fourth-order valence-electron chi connectivity index (χ4n) is 3.91. The summed E-state index contributed by atoms with van der Waals surface area (Å²) in [6.45, 7) is 6.46. The Morgan fingerprint density at radius 1 is 1.13 bits per heavy atom. The molecule has 0 bridgehead atoms. The van der Waals surface area contributed by atoms with E-state index in [-0.39, 0.29) is 5.91 Å². The summed E-state index contributed by atoms with van der Waals surface area (Å²) in [7, 11) is 0. The summed E-state index contributed by atoms with van der Waals surface area (Å²) in [5.74, 6) is 0.479. The molecular weight excluding hydrogens is 380 g/mol. The SMILES string of the molecule is CC[C@@]1(c2ccccc2)NC(=O)N(/N=C\c2cc(C)n(Cc3ccco3)c2C)C1=O. The number of nitrogens with zero attached hydrogens (tertiary/aromatic N) is 3. The van der Waals surface area contributed by atoms with Crippen LogP contribution in [-0.4, -0.2) is 27.7 Å². The molecule has 1 aliphatic rings. The van der Waals surface area contributed by atoms with Crippen LogP contribution in [0.5, 0.6) is 0 Å². The highest BCUT2D eigenvalue weighted by Crippen LogP contribution is 2.32. The van der Waals surface area contributed by atoms with Gasteiger partial charge in [-0.15, -0.1) is 5.01 Å². The summed E-state index contributed by atoms with van der Waals surface area (Å²) in [5.41, 5.74) is 2.51. The first-order chi connectivity index (χ1) is 14.5. The highest BCUT2D eigenvalue weighted by molar-refractivity contribution is 6.07. The molecule has 1 aliphatic heterocycles. The quantitative estimate of drug-likeness (QED) is 0.499. The van der Waals surface area contributed by atoms with E-state index in [1.807, 2.05) is 69.3 Å². The van der Waals surface area contributed by atoms with Crippen LogP contribution in [0.25, 0.3) is 0 Å². The first-order valence-electron chi connectivity index (χ1n) is 9.91. The van der Waals surface area contributed by atoms with E-state index in [2.05, 4.69) is 15.0 Å². The number of amides is 3. The number of rotatable bonds is 6. The topological polar surface area (TPSA) is 79.8 Å². The van der Waals surface area contributed by atoms with E-state index in [0.717, 1.165) is 33.3 Å². The third-order valence-corrected chi connectivity index (χ3v) is 5.69. The lowest BCUT2D eigenvalue weighted by molar-refractivity contribution is -0.131. The number of aromatic nitrogens is 1. The van der Waals surface area contributed by atoms with Crippen LogP contribution in [0.15, 0.2) is 64.3 Å². The molecule has 1 fully saturated rings. The number of hydrazone groups is 1. The standard InChI is InChI=1S/C23H24N4O3/c1-4-23(19-9-6-5-7-10-19)21(28)27(22(29)25-23)24-14-18-13-16(2)26(17(18)3)15-20-11-8-12-30-20/h5-14H,4,15H2,1-3H3,(H,25,29)/b24-14-/t23-/m0/s1. The minimum Gasteiger partial charge on any atom is -0.467 e. The van der Waals surface area contributed by atoms with Crippen LogP contribution < -0.4 is 5.32 Å². The average molecular weight is 404 g/mol. The van der Waals surface area contributed by atoms with E-state index in [0.29, 0.717) is 13.0 Å². The molecule has 1 saturated heterocycles. The Kier molecular flexibility index (Phi) is 5.03. The number of carbonyl (C=O) groups excluding carboxylic acids is 2. The van der Waals surface area contributed by atoms with Gasteiger partial charge < -0.3 is 14.3 Å². The Labute approximate surface area is 175 Å². The average Bonchev–Trinajstić information content (AvgIpc) is 3.42. The van der Waals surface area contributed by atoms with Crippen LogP contribution in [0.3, 0.4) is 0 Å². The molecule has 0 spiro atoms. The zero-order valence-corrected chi connectivity index (χ0v) is 17.3. The molecule has 154 valence electrons. The molecule has 7 heteroatoms. The molecule has 3 heterocycles. The minimum atomic E-state index is -1.09. The van der Waals surface area contributed by atoms with E-state index >= 15 is 0 Å². The van der Waals surface area contributed by atoms with Crippen molar-refractivity contribution < 1.29 is 14.0 Å². The summed E-state index contributed by atoms with van der Waals surface area (Å²) < 4.78 is 7.55. The number of hydrogen-bond donors (Lipinski definition) is 1. The van der Waals surface area contributed by atoms with E-state index in [4.69, 9.17) is 4.42 Å². The lowest BCUT2D eigenvalue weighted by Crippen LogP contribution is -2.43. The molecule has 0 aliphatic carbocycles. The summed E-state index contributed by atoms with van der Waals surface area (Å²) >= 11 is 0. The largest absolute Gasteiger partial charge is 0.467 e. The number of hydrogen-bond acceptors (Lipinski definition) is 4. The van der Waals surface area contributed by atoms with Crippen molar-refractivity contribution in [2.75, 3.05) is 0 Å². The van der Waals surface area contributed by atoms with Crippen molar-refractivity contribution in [2.24, 2.45) is 5.10 Å². The fourth-order valence-corrected chi connectivity index (χ4v) is 3.91. The highest BCUT2D eigenvalue weighted by atomic mass is 16.3. The van der Waals surface area contributed by atoms with E-state index in [1.165, 1.54) is 0 Å². The molecule has 0 saturated carbocycles. The number of carbonyl (C=O) groups is 2. The first kappa shape index (κ1) is 19.7. The Hall–Kier alpha value is -3.61. The van der Waals surface area contributed by atoms with Crippen molar-refractivity contribution in [3.8, 4) is 0 Å². The normalized spacial score (nSPS) is 19.1. The smallest absolute Gasteiger partial charge is 0.346 e. The van der Waals surface area contributed by atoms with Gasteiger partial charge in [0.25, 0.3) is 5.91 Å². The van der Waals surface area contributed by atoms with Gasteiger partial charge in [0.1, 0.15) is 11.3 Å². The van der Waals surface area contributed by atoms with Gasteiger partial charge in [-0.05, 0) is 44.0 Å². The van der Waals surface area contributed by atoms with Crippen LogP contribution >= 0.6 is 0 Å². The summed E-state index contributed by atoms with van der Waals surface area (Å²) in [4.78, 5) is 25.8. The van der Waals surface area contributed by atoms with Gasteiger partial charge >= 0.3 is 6.03 Å². The van der Waals surface area contributed by atoms with Gasteiger partial charge in [-0.2, -0.15) is 5.10 Å². The molecule has 30 heavy (non-hydrogen) atoms. The Morgan fingerprint density at radius 3 is 2.57 bits per heavy atom. The second-order valence-electron chi connectivity index (χ2n) is 7.41. The third kappa shape index (κ3) is 3.22. The second-order valence-corrected chi connectivity index (χ2v) is 7.41. The van der Waals surface area contributed by atoms with Crippen molar-refractivity contribution in [2.45, 2.75) is 39.3 Å². The maximum absolute atomic E-state index is 13.2. The number of urea groups is 1. The van der Waals surface area contributed by atoms with Gasteiger partial charge in [-0.1, -0.05) is 37.3 Å². The van der Waals surface area contributed by atoms with Crippen LogP contribution in [0, 0.1) is 13.8 Å². The lowest BCUT2D eigenvalue weighted by atomic mass is 9.87. The molecule has 0 radical (unpaired) electrons. The maximum Gasteiger partial charge on any atom is 0.346 e. The van der Waals surface area contributed by atoms with Crippen molar-refractivity contribution in [3.05, 3.63) is 83.1 Å². The summed E-state index contributed by atoms with van der Waals surface area (Å²) in [5, 5.41) is 8.01. The molecule has 4 rings (SSSR count). The van der Waals surface area contributed by atoms with E-state index in [9.17, 15) is 9.59 Å². The highest BCUT2D eigenvalue weighted by Gasteiger charge is 2.51. The van der Waals surface area contributed by atoms with Gasteiger partial charge in [0.05, 0.1) is 19.0 Å². The predicted molar refractivity (Wildman–Crippen MR) is 113 cm³/mol. The number of benzene rings is 1. The van der Waals surface area contributed by atoms with Crippen molar-refractivity contribution >= 4 is 18.2 Å². The van der Waals surface area contributed by atoms with Gasteiger partial charge in [0.15, 0.2) is 0 Å². The molecule has 1 atom stereocenters. The van der Waals surface area contributed by atoms with Gasteiger partial charge in [-0.3, -0.25) is 4.79 Å². The van der Waals surface area contributed by atoms with Gasteiger partial charge in [-0.25, -0.2) is 4.79 Å².